The molecule has 34 heavy (non-hydrogen) atoms. The minimum absolute atomic E-state index is 0.0283. The van der Waals surface area contributed by atoms with Crippen LogP contribution in [0, 0.1) is 0 Å². The number of piperazine rings is 1. The fourth-order valence-electron chi connectivity index (χ4n) is 4.52. The second-order valence-electron chi connectivity index (χ2n) is 8.44. The summed E-state index contributed by atoms with van der Waals surface area (Å²) in [6, 6.07) is 16.0. The second kappa shape index (κ2) is 12.5. The summed E-state index contributed by atoms with van der Waals surface area (Å²) in [5.74, 6) is 0.0605. The normalized spacial score (nSPS) is 15.5. The van der Waals surface area contributed by atoms with Crippen LogP contribution in [0.3, 0.4) is 0 Å². The molecule has 1 N–H and O–H groups in total. The topological polar surface area (TPSA) is 65.1 Å². The average Bonchev–Trinajstić information content (AvgIpc) is 2.86. The molecule has 2 amide bonds. The van der Waals surface area contributed by atoms with E-state index < -0.39 is 6.09 Å². The van der Waals surface area contributed by atoms with E-state index in [1.165, 1.54) is 0 Å². The Morgan fingerprint density at radius 2 is 1.62 bits per heavy atom. The Labute approximate surface area is 203 Å². The van der Waals surface area contributed by atoms with E-state index in [4.69, 9.17) is 4.74 Å². The molecule has 7 heteroatoms. The minimum Gasteiger partial charge on any atom is -0.450 e. The lowest BCUT2D eigenvalue weighted by molar-refractivity contribution is 0.0773. The summed E-state index contributed by atoms with van der Waals surface area (Å²) in [6.45, 7) is 14.7. The number of amides is 2. The molecule has 1 atom stereocenters. The van der Waals surface area contributed by atoms with Gasteiger partial charge < -0.3 is 14.5 Å². The van der Waals surface area contributed by atoms with Gasteiger partial charge in [-0.25, -0.2) is 4.79 Å². The molecule has 0 spiro atoms. The van der Waals surface area contributed by atoms with Gasteiger partial charge in [-0.3, -0.25) is 15.0 Å². The molecular weight excluding hydrogens is 428 g/mol. The van der Waals surface area contributed by atoms with E-state index in [1.54, 1.807) is 6.92 Å². The van der Waals surface area contributed by atoms with Gasteiger partial charge in [-0.2, -0.15) is 0 Å². The number of ether oxygens (including phenoxy) is 1. The molecule has 1 unspecified atom stereocenters. The number of hydrogen-bond donors (Lipinski definition) is 1. The van der Waals surface area contributed by atoms with E-state index >= 15 is 0 Å². The van der Waals surface area contributed by atoms with E-state index in [0.717, 1.165) is 43.9 Å². The van der Waals surface area contributed by atoms with Crippen molar-refractivity contribution in [2.75, 3.05) is 57.7 Å². The van der Waals surface area contributed by atoms with E-state index in [0.29, 0.717) is 30.9 Å². The lowest BCUT2D eigenvalue weighted by Crippen LogP contribution is -2.47. The number of nitrogens with one attached hydrogen (secondary N) is 1. The molecule has 0 saturated carbocycles. The zero-order valence-electron chi connectivity index (χ0n) is 20.9. The molecule has 0 aromatic heterocycles. The Morgan fingerprint density at radius 1 is 0.941 bits per heavy atom. The van der Waals surface area contributed by atoms with Crippen molar-refractivity contribution in [3.63, 3.8) is 0 Å². The molecule has 1 aliphatic rings. The number of carbonyl (C=O) groups excluding carboxylic acids is 2. The van der Waals surface area contributed by atoms with Crippen molar-refractivity contribution in [2.24, 2.45) is 0 Å². The van der Waals surface area contributed by atoms with Crippen molar-refractivity contribution in [2.45, 2.75) is 33.7 Å². The largest absolute Gasteiger partial charge is 0.450 e. The standard InChI is InChI=1S/C27H38N4O3/c1-5-29-16-18-31(19-17-29)25(23-10-9-11-24(20-23)28-27(33)34-8-4)21-12-14-22(15-13-21)26(32)30(6-2)7-3/h9-15,20,25H,5-8,16-19H2,1-4H3,(H,28,33). The Hall–Kier alpha value is -2.90. The van der Waals surface area contributed by atoms with E-state index in [2.05, 4.69) is 40.2 Å². The number of hydrogen-bond acceptors (Lipinski definition) is 5. The van der Waals surface area contributed by atoms with Crippen LogP contribution in [0.2, 0.25) is 0 Å². The SMILES string of the molecule is CCOC(=O)Nc1cccc(C(c2ccc(C(=O)N(CC)CC)cc2)N2CCN(CC)CC2)c1. The highest BCUT2D eigenvalue weighted by Gasteiger charge is 2.27. The van der Waals surface area contributed by atoms with Gasteiger partial charge in [0, 0.05) is 50.5 Å². The maximum atomic E-state index is 12.8. The van der Waals surface area contributed by atoms with Crippen LogP contribution in [0.15, 0.2) is 48.5 Å². The molecule has 3 rings (SSSR count). The monoisotopic (exact) mass is 466 g/mol. The maximum absolute atomic E-state index is 12.8. The Kier molecular flexibility index (Phi) is 9.48. The lowest BCUT2D eigenvalue weighted by Gasteiger charge is -2.39. The number of benzene rings is 2. The third-order valence-electron chi connectivity index (χ3n) is 6.47. The third kappa shape index (κ3) is 6.36. The van der Waals surface area contributed by atoms with Crippen LogP contribution in [0.1, 0.15) is 55.2 Å². The molecule has 1 aliphatic heterocycles. The summed E-state index contributed by atoms with van der Waals surface area (Å²) in [5.41, 5.74) is 3.65. The first-order valence-electron chi connectivity index (χ1n) is 12.4. The number of rotatable bonds is 9. The highest BCUT2D eigenvalue weighted by molar-refractivity contribution is 5.94. The fraction of sp³-hybridized carbons (Fsp3) is 0.481. The van der Waals surface area contributed by atoms with Crippen molar-refractivity contribution in [3.8, 4) is 0 Å². The summed E-state index contributed by atoms with van der Waals surface area (Å²) >= 11 is 0. The summed E-state index contributed by atoms with van der Waals surface area (Å²) in [4.78, 5) is 31.5. The summed E-state index contributed by atoms with van der Waals surface area (Å²) in [6.07, 6.45) is -0.452. The van der Waals surface area contributed by atoms with Gasteiger partial charge in [0.1, 0.15) is 0 Å². The predicted octanol–water partition coefficient (Wildman–Crippen LogP) is 4.46. The van der Waals surface area contributed by atoms with Crippen molar-refractivity contribution in [3.05, 3.63) is 65.2 Å². The molecule has 184 valence electrons. The average molecular weight is 467 g/mol. The molecule has 2 aromatic rings. The van der Waals surface area contributed by atoms with Gasteiger partial charge in [-0.1, -0.05) is 31.2 Å². The van der Waals surface area contributed by atoms with E-state index in [9.17, 15) is 9.59 Å². The van der Waals surface area contributed by atoms with E-state index in [1.807, 2.05) is 49.1 Å². The molecule has 7 nitrogen and oxygen atoms in total. The Bertz CT molecular complexity index is 935. The van der Waals surface area contributed by atoms with Crippen LogP contribution >= 0.6 is 0 Å². The van der Waals surface area contributed by atoms with Crippen LogP contribution < -0.4 is 5.32 Å². The first kappa shape index (κ1) is 25.7. The zero-order chi connectivity index (χ0) is 24.5. The maximum Gasteiger partial charge on any atom is 0.411 e. The van der Waals surface area contributed by atoms with E-state index in [-0.39, 0.29) is 11.9 Å². The second-order valence-corrected chi connectivity index (χ2v) is 8.44. The first-order chi connectivity index (χ1) is 16.5. The summed E-state index contributed by atoms with van der Waals surface area (Å²) in [5, 5.41) is 2.82. The number of likely N-dealkylation sites (N-methyl/N-ethyl adjacent to an activating group) is 1. The molecule has 0 radical (unpaired) electrons. The number of anilines is 1. The van der Waals surface area contributed by atoms with Crippen LogP contribution in [-0.2, 0) is 4.74 Å². The van der Waals surface area contributed by atoms with Gasteiger partial charge in [-0.05, 0) is 62.7 Å². The minimum atomic E-state index is -0.452. The third-order valence-corrected chi connectivity index (χ3v) is 6.47. The molecule has 2 aromatic carbocycles. The zero-order valence-corrected chi connectivity index (χ0v) is 20.9. The predicted molar refractivity (Wildman–Crippen MR) is 136 cm³/mol. The molecule has 0 aliphatic carbocycles. The number of carbonyl (C=O) groups is 2. The van der Waals surface area contributed by atoms with Gasteiger partial charge in [0.2, 0.25) is 0 Å². The quantitative estimate of drug-likeness (QED) is 0.591. The van der Waals surface area contributed by atoms with Gasteiger partial charge in [0.05, 0.1) is 12.6 Å². The van der Waals surface area contributed by atoms with Crippen molar-refractivity contribution >= 4 is 17.7 Å². The van der Waals surface area contributed by atoms with Gasteiger partial charge >= 0.3 is 6.09 Å². The van der Waals surface area contributed by atoms with Crippen molar-refractivity contribution in [1.29, 1.82) is 0 Å². The molecule has 0 bridgehead atoms. The highest BCUT2D eigenvalue weighted by atomic mass is 16.5. The Balaban J connectivity index is 1.91. The summed E-state index contributed by atoms with van der Waals surface area (Å²) < 4.78 is 5.04. The molecule has 1 saturated heterocycles. The first-order valence-corrected chi connectivity index (χ1v) is 12.4. The molecular formula is C27H38N4O3. The van der Waals surface area contributed by atoms with Crippen molar-refractivity contribution in [1.82, 2.24) is 14.7 Å². The van der Waals surface area contributed by atoms with Crippen molar-refractivity contribution < 1.29 is 14.3 Å². The molecule has 1 heterocycles. The Morgan fingerprint density at radius 3 is 2.21 bits per heavy atom. The lowest BCUT2D eigenvalue weighted by atomic mass is 9.95. The number of nitrogens with zero attached hydrogens (tertiary/aromatic N) is 3. The smallest absolute Gasteiger partial charge is 0.411 e. The van der Waals surface area contributed by atoms with Gasteiger partial charge in [0.15, 0.2) is 0 Å². The van der Waals surface area contributed by atoms with Gasteiger partial charge in [-0.15, -0.1) is 0 Å². The molecule has 1 fully saturated rings. The summed E-state index contributed by atoms with van der Waals surface area (Å²) in [7, 11) is 0. The highest BCUT2D eigenvalue weighted by Crippen LogP contribution is 2.31. The van der Waals surface area contributed by atoms with Gasteiger partial charge in [0.25, 0.3) is 5.91 Å². The van der Waals surface area contributed by atoms with Crippen LogP contribution in [-0.4, -0.2) is 79.1 Å². The van der Waals surface area contributed by atoms with Crippen LogP contribution in [0.25, 0.3) is 0 Å². The fourth-order valence-corrected chi connectivity index (χ4v) is 4.52. The van der Waals surface area contributed by atoms with Crippen LogP contribution in [0.4, 0.5) is 10.5 Å². The van der Waals surface area contributed by atoms with Crippen LogP contribution in [0.5, 0.6) is 0 Å².